The summed E-state index contributed by atoms with van der Waals surface area (Å²) < 4.78 is 7.10. The van der Waals surface area contributed by atoms with E-state index in [4.69, 9.17) is 4.43 Å². The van der Waals surface area contributed by atoms with E-state index in [9.17, 15) is 0 Å². The Hall–Kier alpha value is -0.803. The first-order chi connectivity index (χ1) is 7.47. The van der Waals surface area contributed by atoms with Gasteiger partial charge in [0.2, 0.25) is 8.32 Å². The quantitative estimate of drug-likeness (QED) is 0.722. The molecule has 0 aromatic heterocycles. The van der Waals surface area contributed by atoms with Gasteiger partial charge in [-0.3, -0.25) is 0 Å². The molecule has 0 fully saturated rings. The predicted molar refractivity (Wildman–Crippen MR) is 75.6 cm³/mol. The van der Waals surface area contributed by atoms with Crippen molar-refractivity contribution in [3.63, 3.8) is 0 Å². The van der Waals surface area contributed by atoms with Gasteiger partial charge in [0.25, 0.3) is 0 Å². The second kappa shape index (κ2) is 4.22. The number of hydrogen-bond donors (Lipinski definition) is 0. The molecule has 0 unspecified atom stereocenters. The molecule has 0 spiro atoms. The molecule has 0 atom stereocenters. The van der Waals surface area contributed by atoms with Gasteiger partial charge in [-0.15, -0.1) is 0 Å². The summed E-state index contributed by atoms with van der Waals surface area (Å²) in [7, 11) is -1.55. The van der Waals surface area contributed by atoms with Crippen LogP contribution >= 0.6 is 15.9 Å². The summed E-state index contributed by atoms with van der Waals surface area (Å²) in [5.41, 5.74) is 0. The summed E-state index contributed by atoms with van der Waals surface area (Å²) in [5, 5.41) is 2.44. The lowest BCUT2D eigenvalue weighted by Crippen LogP contribution is -2.29. The Kier molecular flexibility index (Phi) is 3.08. The van der Waals surface area contributed by atoms with Crippen LogP contribution < -0.4 is 4.43 Å². The Bertz CT molecular complexity index is 517. The van der Waals surface area contributed by atoms with Crippen LogP contribution in [0, 0.1) is 0 Å². The molecule has 0 heterocycles. The molecule has 0 aliphatic heterocycles. The van der Waals surface area contributed by atoms with Gasteiger partial charge in [-0.2, -0.15) is 0 Å². The molecule has 3 heteroatoms. The van der Waals surface area contributed by atoms with Crippen molar-refractivity contribution in [1.82, 2.24) is 0 Å². The van der Waals surface area contributed by atoms with E-state index < -0.39 is 8.32 Å². The van der Waals surface area contributed by atoms with Gasteiger partial charge in [-0.1, -0.05) is 30.3 Å². The highest BCUT2D eigenvalue weighted by molar-refractivity contribution is 9.10. The summed E-state index contributed by atoms with van der Waals surface area (Å²) in [6.07, 6.45) is 0. The van der Waals surface area contributed by atoms with E-state index in [1.165, 1.54) is 10.8 Å². The Morgan fingerprint density at radius 1 is 1.00 bits per heavy atom. The van der Waals surface area contributed by atoms with Crippen molar-refractivity contribution in [2.75, 3.05) is 0 Å². The second-order valence-electron chi connectivity index (χ2n) is 4.81. The first-order valence-corrected chi connectivity index (χ1v) is 9.54. The molecule has 84 valence electrons. The first kappa shape index (κ1) is 11.7. The molecular formula is C13H15BrOSi. The molecule has 0 bridgehead atoms. The summed E-state index contributed by atoms with van der Waals surface area (Å²) >= 11 is 3.63. The summed E-state index contributed by atoms with van der Waals surface area (Å²) in [4.78, 5) is 0. The fourth-order valence-electron chi connectivity index (χ4n) is 1.62. The highest BCUT2D eigenvalue weighted by atomic mass is 79.9. The highest BCUT2D eigenvalue weighted by Crippen LogP contribution is 2.34. The van der Waals surface area contributed by atoms with Gasteiger partial charge in [0.05, 0.1) is 4.47 Å². The lowest BCUT2D eigenvalue weighted by Gasteiger charge is -2.20. The van der Waals surface area contributed by atoms with Crippen molar-refractivity contribution in [1.29, 1.82) is 0 Å². The van der Waals surface area contributed by atoms with Crippen LogP contribution in [-0.4, -0.2) is 8.32 Å². The van der Waals surface area contributed by atoms with Crippen LogP contribution in [0.5, 0.6) is 5.75 Å². The molecule has 0 amide bonds. The van der Waals surface area contributed by atoms with E-state index in [1.807, 2.05) is 18.2 Å². The Morgan fingerprint density at radius 3 is 2.38 bits per heavy atom. The van der Waals surface area contributed by atoms with E-state index in [1.54, 1.807) is 0 Å². The number of benzene rings is 2. The predicted octanol–water partition coefficient (Wildman–Crippen LogP) is 4.82. The van der Waals surface area contributed by atoms with Crippen LogP contribution in [0.3, 0.4) is 0 Å². The smallest absolute Gasteiger partial charge is 0.242 e. The lowest BCUT2D eigenvalue weighted by atomic mass is 10.1. The molecule has 2 aromatic rings. The molecule has 2 rings (SSSR count). The van der Waals surface area contributed by atoms with E-state index in [0.717, 1.165) is 10.2 Å². The molecule has 1 nitrogen and oxygen atoms in total. The third-order valence-electron chi connectivity index (χ3n) is 2.24. The van der Waals surface area contributed by atoms with Crippen molar-refractivity contribution in [3.05, 3.63) is 40.9 Å². The minimum absolute atomic E-state index is 0.956. The maximum Gasteiger partial charge on any atom is 0.242 e. The lowest BCUT2D eigenvalue weighted by molar-refractivity contribution is 0.555. The second-order valence-corrected chi connectivity index (χ2v) is 10.0. The zero-order valence-electron chi connectivity index (χ0n) is 9.75. The van der Waals surface area contributed by atoms with Gasteiger partial charge in [-0.25, -0.2) is 0 Å². The van der Waals surface area contributed by atoms with Gasteiger partial charge in [-0.05, 0) is 52.4 Å². The third kappa shape index (κ3) is 2.47. The molecule has 16 heavy (non-hydrogen) atoms. The van der Waals surface area contributed by atoms with E-state index in [2.05, 4.69) is 53.8 Å². The minimum atomic E-state index is -1.55. The van der Waals surface area contributed by atoms with Crippen LogP contribution in [0.15, 0.2) is 40.9 Å². The SMILES string of the molecule is C[Si](C)(C)Oc1ccc2ccccc2c1Br. The van der Waals surface area contributed by atoms with Crippen molar-refractivity contribution in [2.24, 2.45) is 0 Å². The fraction of sp³-hybridized carbons (Fsp3) is 0.231. The molecule has 0 N–H and O–H groups in total. The van der Waals surface area contributed by atoms with Crippen LogP contribution in [0.1, 0.15) is 0 Å². The summed E-state index contributed by atoms with van der Waals surface area (Å²) in [6, 6.07) is 12.5. The average molecular weight is 295 g/mol. The van der Waals surface area contributed by atoms with Crippen molar-refractivity contribution < 1.29 is 4.43 Å². The maximum atomic E-state index is 6.03. The normalized spacial score (nSPS) is 11.8. The monoisotopic (exact) mass is 294 g/mol. The van der Waals surface area contributed by atoms with E-state index in [-0.39, 0.29) is 0 Å². The number of rotatable bonds is 2. The molecular weight excluding hydrogens is 280 g/mol. The van der Waals surface area contributed by atoms with Crippen LogP contribution in [0.25, 0.3) is 10.8 Å². The maximum absolute atomic E-state index is 6.03. The topological polar surface area (TPSA) is 9.23 Å². The Morgan fingerprint density at radius 2 is 1.69 bits per heavy atom. The zero-order valence-corrected chi connectivity index (χ0v) is 12.3. The van der Waals surface area contributed by atoms with Gasteiger partial charge in [0.15, 0.2) is 0 Å². The molecule has 0 saturated heterocycles. The van der Waals surface area contributed by atoms with Crippen molar-refractivity contribution >= 4 is 35.0 Å². The highest BCUT2D eigenvalue weighted by Gasteiger charge is 2.18. The number of fused-ring (bicyclic) bond motifs is 1. The van der Waals surface area contributed by atoms with Crippen molar-refractivity contribution in [3.8, 4) is 5.75 Å². The Labute approximate surface area is 106 Å². The standard InChI is InChI=1S/C13H15BrOSi/c1-16(2,3)15-12-9-8-10-6-4-5-7-11(10)13(12)14/h4-9H,1-3H3. The molecule has 0 aliphatic rings. The first-order valence-electron chi connectivity index (χ1n) is 5.34. The molecule has 0 saturated carbocycles. The fourth-order valence-corrected chi connectivity index (χ4v) is 3.18. The van der Waals surface area contributed by atoms with Crippen molar-refractivity contribution in [2.45, 2.75) is 19.6 Å². The van der Waals surface area contributed by atoms with E-state index >= 15 is 0 Å². The van der Waals surface area contributed by atoms with Crippen LogP contribution in [0.4, 0.5) is 0 Å². The zero-order chi connectivity index (χ0) is 11.8. The Balaban J connectivity index is 2.53. The van der Waals surface area contributed by atoms with E-state index in [0.29, 0.717) is 0 Å². The number of halogens is 1. The van der Waals surface area contributed by atoms with Crippen LogP contribution in [-0.2, 0) is 0 Å². The number of hydrogen-bond acceptors (Lipinski definition) is 1. The minimum Gasteiger partial charge on any atom is -0.544 e. The third-order valence-corrected chi connectivity index (χ3v) is 3.89. The summed E-state index contributed by atoms with van der Waals surface area (Å²) in [6.45, 7) is 6.57. The van der Waals surface area contributed by atoms with Gasteiger partial charge >= 0.3 is 0 Å². The van der Waals surface area contributed by atoms with Crippen LogP contribution in [0.2, 0.25) is 19.6 Å². The molecule has 2 aromatic carbocycles. The largest absolute Gasteiger partial charge is 0.544 e. The van der Waals surface area contributed by atoms with Gasteiger partial charge < -0.3 is 4.43 Å². The van der Waals surface area contributed by atoms with Gasteiger partial charge in [0, 0.05) is 0 Å². The molecule has 0 radical (unpaired) electrons. The molecule has 0 aliphatic carbocycles. The van der Waals surface area contributed by atoms with Gasteiger partial charge in [0.1, 0.15) is 5.75 Å². The summed E-state index contributed by atoms with van der Waals surface area (Å²) in [5.74, 6) is 0.956. The average Bonchev–Trinajstić information content (AvgIpc) is 2.21.